The van der Waals surface area contributed by atoms with Crippen molar-refractivity contribution in [1.29, 1.82) is 0 Å². The number of aryl methyl sites for hydroxylation is 1. The highest BCUT2D eigenvalue weighted by Gasteiger charge is 2.29. The first-order chi connectivity index (χ1) is 18.9. The number of hydrogen-bond acceptors (Lipinski definition) is 11. The van der Waals surface area contributed by atoms with Gasteiger partial charge in [-0.2, -0.15) is 0 Å². The maximum atomic E-state index is 13.3. The second kappa shape index (κ2) is 16.2. The van der Waals surface area contributed by atoms with Gasteiger partial charge >= 0.3 is 19.4 Å². The van der Waals surface area contributed by atoms with E-state index in [1.807, 2.05) is 0 Å². The summed E-state index contributed by atoms with van der Waals surface area (Å²) >= 11 is 0. The van der Waals surface area contributed by atoms with E-state index in [0.29, 0.717) is 24.8 Å². The molecule has 16 nitrogen and oxygen atoms in total. The Morgan fingerprint density at radius 2 is 1.90 bits per heavy atom. The third kappa shape index (κ3) is 11.5. The van der Waals surface area contributed by atoms with Crippen molar-refractivity contribution in [3.63, 3.8) is 0 Å². The largest absolute Gasteiger partial charge is 0.437 e. The van der Waals surface area contributed by atoms with Crippen LogP contribution < -0.4 is 27.0 Å². The predicted molar refractivity (Wildman–Crippen MR) is 140 cm³/mol. The first-order valence-electron chi connectivity index (χ1n) is 12.4. The number of amides is 2. The molecular weight excluding hydrogens is 553 g/mol. The number of ether oxygens (including phenoxy) is 3. The lowest BCUT2D eigenvalue weighted by atomic mass is 10.2. The standard InChI is InChI=1S/C23H36N5O11P/c1-15-12-28(23(33)27-22(15)32)20-9-8-18(39-20)13-37-40(34,38-14-36-21(31)11-24-16(2)29)25-10-6-5-7-19(35-4)26-17(3)30/h8-9,12,18-20H,5-7,10-11,13-14H2,1-4H3,(H,24,29)(H,25,34)(H,26,30)(H,27,32,33)/t18-,19+,20+,40?/m0/s1. The van der Waals surface area contributed by atoms with Gasteiger partial charge in [0.05, 0.1) is 6.61 Å². The molecule has 1 unspecified atom stereocenters. The average Bonchev–Trinajstić information content (AvgIpc) is 3.36. The Balaban J connectivity index is 1.92. The average molecular weight is 590 g/mol. The zero-order chi connectivity index (χ0) is 29.7. The number of nitrogens with one attached hydrogen (secondary N) is 4. The van der Waals surface area contributed by atoms with Gasteiger partial charge in [-0.25, -0.2) is 14.4 Å². The van der Waals surface area contributed by atoms with Gasteiger partial charge in [0, 0.05) is 39.3 Å². The van der Waals surface area contributed by atoms with E-state index >= 15 is 0 Å². The highest BCUT2D eigenvalue weighted by atomic mass is 31.2. The molecule has 2 amide bonds. The number of carbonyl (C=O) groups excluding carboxylic acids is 3. The van der Waals surface area contributed by atoms with Crippen LogP contribution in [0, 0.1) is 6.92 Å². The third-order valence-corrected chi connectivity index (χ3v) is 6.95. The Kier molecular flexibility index (Phi) is 13.4. The van der Waals surface area contributed by atoms with E-state index in [2.05, 4.69) is 20.7 Å². The van der Waals surface area contributed by atoms with Gasteiger partial charge in [-0.05, 0) is 32.3 Å². The van der Waals surface area contributed by atoms with Gasteiger partial charge < -0.3 is 24.8 Å². The molecule has 1 aromatic rings. The van der Waals surface area contributed by atoms with Gasteiger partial charge in [0.15, 0.2) is 6.23 Å². The van der Waals surface area contributed by atoms with Crippen LogP contribution in [0.3, 0.4) is 0 Å². The van der Waals surface area contributed by atoms with Crippen LogP contribution in [-0.4, -0.2) is 73.3 Å². The predicted octanol–water partition coefficient (Wildman–Crippen LogP) is -0.0548. The number of rotatable bonds is 17. The summed E-state index contributed by atoms with van der Waals surface area (Å²) in [4.78, 5) is 59.8. The highest BCUT2D eigenvalue weighted by molar-refractivity contribution is 7.51. The van der Waals surface area contributed by atoms with Crippen molar-refractivity contribution in [2.45, 2.75) is 58.6 Å². The fourth-order valence-electron chi connectivity index (χ4n) is 3.37. The fourth-order valence-corrected chi connectivity index (χ4v) is 4.60. The summed E-state index contributed by atoms with van der Waals surface area (Å²) in [7, 11) is -2.55. The molecule has 1 aromatic heterocycles. The molecule has 0 saturated carbocycles. The number of aromatic amines is 1. The molecule has 1 aliphatic heterocycles. The molecule has 1 aliphatic rings. The first kappa shape index (κ1) is 33.1. The van der Waals surface area contributed by atoms with Gasteiger partial charge in [0.25, 0.3) is 5.56 Å². The molecule has 0 bridgehead atoms. The molecule has 2 heterocycles. The Morgan fingerprint density at radius 3 is 2.58 bits per heavy atom. The van der Waals surface area contributed by atoms with E-state index < -0.39 is 62.8 Å². The molecular formula is C23H36N5O11P. The maximum Gasteiger partial charge on any atom is 0.408 e. The number of esters is 1. The number of H-pyrrole nitrogens is 1. The highest BCUT2D eigenvalue weighted by Crippen LogP contribution is 2.44. The van der Waals surface area contributed by atoms with Crippen molar-refractivity contribution in [2.75, 3.05) is 33.6 Å². The van der Waals surface area contributed by atoms with E-state index in [0.717, 1.165) is 0 Å². The normalized spacial score (nSPS) is 18.6. The molecule has 17 heteroatoms. The molecule has 0 fully saturated rings. The van der Waals surface area contributed by atoms with E-state index in [9.17, 15) is 28.5 Å². The molecule has 0 spiro atoms. The number of aromatic nitrogens is 2. The second-order valence-corrected chi connectivity index (χ2v) is 10.6. The van der Waals surface area contributed by atoms with Gasteiger partial charge in [-0.3, -0.25) is 37.8 Å². The van der Waals surface area contributed by atoms with Crippen LogP contribution in [0.5, 0.6) is 0 Å². The molecule has 40 heavy (non-hydrogen) atoms. The first-order valence-corrected chi connectivity index (χ1v) is 14.0. The molecule has 0 aliphatic carbocycles. The number of carbonyl (C=O) groups is 3. The van der Waals surface area contributed by atoms with Gasteiger partial charge in [0.2, 0.25) is 18.6 Å². The summed E-state index contributed by atoms with van der Waals surface area (Å²) in [6.07, 6.45) is 4.16. The van der Waals surface area contributed by atoms with Crippen LogP contribution in [0.25, 0.3) is 0 Å². The van der Waals surface area contributed by atoms with E-state index in [4.69, 9.17) is 23.3 Å². The third-order valence-electron chi connectivity index (χ3n) is 5.40. The smallest absolute Gasteiger partial charge is 0.408 e. The minimum atomic E-state index is -4.02. The van der Waals surface area contributed by atoms with Crippen LogP contribution >= 0.6 is 7.75 Å². The maximum absolute atomic E-state index is 13.3. The molecule has 224 valence electrons. The van der Waals surface area contributed by atoms with Crippen molar-refractivity contribution in [3.05, 3.63) is 44.8 Å². The van der Waals surface area contributed by atoms with Crippen molar-refractivity contribution in [2.24, 2.45) is 0 Å². The van der Waals surface area contributed by atoms with Crippen molar-refractivity contribution in [1.82, 2.24) is 25.3 Å². The fraction of sp³-hybridized carbons (Fsp3) is 0.609. The Bertz CT molecular complexity index is 1210. The van der Waals surface area contributed by atoms with Crippen molar-refractivity contribution in [3.8, 4) is 0 Å². The van der Waals surface area contributed by atoms with Crippen LogP contribution in [0.4, 0.5) is 0 Å². The Labute approximate surface area is 230 Å². The van der Waals surface area contributed by atoms with Crippen LogP contribution in [-0.2, 0) is 42.2 Å². The molecule has 0 saturated heterocycles. The zero-order valence-corrected chi connectivity index (χ0v) is 23.7. The quantitative estimate of drug-likeness (QED) is 0.0620. The Morgan fingerprint density at radius 1 is 1.15 bits per heavy atom. The summed E-state index contributed by atoms with van der Waals surface area (Å²) in [5, 5.41) is 7.61. The van der Waals surface area contributed by atoms with Gasteiger partial charge in [-0.15, -0.1) is 0 Å². The van der Waals surface area contributed by atoms with Crippen LogP contribution in [0.15, 0.2) is 27.9 Å². The molecule has 2 rings (SSSR count). The summed E-state index contributed by atoms with van der Waals surface area (Å²) in [6.45, 7) is 3.00. The summed E-state index contributed by atoms with van der Waals surface area (Å²) in [5.41, 5.74) is -0.837. The second-order valence-electron chi connectivity index (χ2n) is 8.72. The van der Waals surface area contributed by atoms with Crippen molar-refractivity contribution < 1.29 is 42.2 Å². The van der Waals surface area contributed by atoms with Crippen molar-refractivity contribution >= 4 is 25.5 Å². The lowest BCUT2D eigenvalue weighted by Crippen LogP contribution is -2.34. The summed E-state index contributed by atoms with van der Waals surface area (Å²) in [6, 6.07) is 0. The lowest BCUT2D eigenvalue weighted by molar-refractivity contribution is -0.150. The summed E-state index contributed by atoms with van der Waals surface area (Å²) < 4.78 is 41.1. The van der Waals surface area contributed by atoms with Gasteiger partial charge in [-0.1, -0.05) is 6.08 Å². The summed E-state index contributed by atoms with van der Waals surface area (Å²) in [5.74, 6) is -1.46. The topological polar surface area (TPSA) is 205 Å². The van der Waals surface area contributed by atoms with Gasteiger partial charge in [0.1, 0.15) is 18.9 Å². The monoisotopic (exact) mass is 589 g/mol. The number of hydrogen-bond donors (Lipinski definition) is 4. The molecule has 0 aromatic carbocycles. The van der Waals surface area contributed by atoms with E-state index in [1.54, 1.807) is 19.1 Å². The molecule has 0 radical (unpaired) electrons. The van der Waals surface area contributed by atoms with Crippen LogP contribution in [0.1, 0.15) is 44.9 Å². The number of nitrogens with zero attached hydrogens (tertiary/aromatic N) is 1. The number of unbranched alkanes of at least 4 members (excludes halogenated alkanes) is 1. The molecule has 4 atom stereocenters. The minimum Gasteiger partial charge on any atom is -0.437 e. The Hall–Kier alpha value is -3.14. The van der Waals surface area contributed by atoms with Crippen LogP contribution in [0.2, 0.25) is 0 Å². The minimum absolute atomic E-state index is 0.184. The number of methoxy groups -OCH3 is 1. The lowest BCUT2D eigenvalue weighted by Gasteiger charge is -2.22. The molecule has 4 N–H and O–H groups in total. The van der Waals surface area contributed by atoms with E-state index in [1.165, 1.54) is 31.7 Å². The SMILES string of the molecule is CO[C@H](CCCCNP(=O)(OCOC(=O)CNC(C)=O)OC[C@@H]1C=C[C@H](n2cc(C)c(=O)[nH]c2=O)O1)NC(C)=O. The van der Waals surface area contributed by atoms with E-state index in [-0.39, 0.29) is 19.1 Å². The zero-order valence-electron chi connectivity index (χ0n) is 22.8.